The number of esters is 1. The van der Waals surface area contributed by atoms with Gasteiger partial charge in [-0.3, -0.25) is 9.59 Å². The molecule has 0 saturated carbocycles. The maximum Gasteiger partial charge on any atom is 0.310 e. The molecular weight excluding hydrogens is 308 g/mol. The summed E-state index contributed by atoms with van der Waals surface area (Å²) in [6.45, 7) is 5.79. The van der Waals surface area contributed by atoms with Crippen LogP contribution in [0.4, 0.5) is 5.69 Å². The summed E-state index contributed by atoms with van der Waals surface area (Å²) in [6, 6.07) is 5.09. The number of nitrogens with zero attached hydrogens (tertiary/aromatic N) is 1. The van der Waals surface area contributed by atoms with Crippen LogP contribution in [-0.4, -0.2) is 43.1 Å². The van der Waals surface area contributed by atoms with Crippen LogP contribution >= 0.6 is 0 Å². The van der Waals surface area contributed by atoms with Gasteiger partial charge in [0.25, 0.3) is 5.91 Å². The smallest absolute Gasteiger partial charge is 0.310 e. The van der Waals surface area contributed by atoms with Gasteiger partial charge in [-0.1, -0.05) is 6.92 Å². The summed E-state index contributed by atoms with van der Waals surface area (Å²) >= 11 is 0. The molecule has 0 radical (unpaired) electrons. The Kier molecular flexibility index (Phi) is 6.46. The van der Waals surface area contributed by atoms with Gasteiger partial charge < -0.3 is 20.1 Å². The van der Waals surface area contributed by atoms with E-state index in [4.69, 9.17) is 15.2 Å². The average Bonchev–Trinajstić information content (AvgIpc) is 2.60. The van der Waals surface area contributed by atoms with Gasteiger partial charge in [0.1, 0.15) is 5.75 Å². The molecule has 132 valence electrons. The van der Waals surface area contributed by atoms with Gasteiger partial charge in [0.15, 0.2) is 0 Å². The Morgan fingerprint density at radius 3 is 2.79 bits per heavy atom. The molecule has 1 heterocycles. The molecule has 24 heavy (non-hydrogen) atoms. The van der Waals surface area contributed by atoms with E-state index in [0.29, 0.717) is 43.3 Å². The maximum atomic E-state index is 12.7. The van der Waals surface area contributed by atoms with E-state index in [2.05, 4.69) is 0 Å². The average molecular weight is 334 g/mol. The number of piperidine rings is 1. The molecule has 0 aromatic heterocycles. The van der Waals surface area contributed by atoms with E-state index in [1.54, 1.807) is 30.0 Å². The molecular formula is C18H26N2O4. The first-order valence-corrected chi connectivity index (χ1v) is 8.55. The Balaban J connectivity index is 2.05. The number of carbonyl (C=O) groups excluding carboxylic acids is 2. The number of nitrogen functional groups attached to an aromatic ring is 1. The van der Waals surface area contributed by atoms with Crippen LogP contribution in [0.25, 0.3) is 0 Å². The van der Waals surface area contributed by atoms with Crippen LogP contribution in [0.5, 0.6) is 5.75 Å². The number of carbonyl (C=O) groups is 2. The highest BCUT2D eigenvalue weighted by Gasteiger charge is 2.29. The molecule has 1 fully saturated rings. The third-order valence-corrected chi connectivity index (χ3v) is 4.05. The second-order valence-electron chi connectivity index (χ2n) is 5.94. The van der Waals surface area contributed by atoms with Crippen molar-refractivity contribution < 1.29 is 19.1 Å². The summed E-state index contributed by atoms with van der Waals surface area (Å²) in [4.78, 5) is 26.3. The molecule has 1 aliphatic rings. The highest BCUT2D eigenvalue weighted by molar-refractivity contribution is 5.95. The molecule has 1 aromatic rings. The minimum atomic E-state index is -0.243. The van der Waals surface area contributed by atoms with E-state index in [1.165, 1.54) is 0 Å². The zero-order valence-electron chi connectivity index (χ0n) is 14.4. The van der Waals surface area contributed by atoms with Gasteiger partial charge in [-0.2, -0.15) is 0 Å². The van der Waals surface area contributed by atoms with Gasteiger partial charge in [-0.15, -0.1) is 0 Å². The highest BCUT2D eigenvalue weighted by Crippen LogP contribution is 2.25. The van der Waals surface area contributed by atoms with Crippen LogP contribution in [0.2, 0.25) is 0 Å². The molecule has 6 nitrogen and oxygen atoms in total. The van der Waals surface area contributed by atoms with E-state index >= 15 is 0 Å². The number of likely N-dealkylation sites (tertiary alicyclic amines) is 1. The van der Waals surface area contributed by atoms with Crippen LogP contribution in [-0.2, 0) is 9.53 Å². The van der Waals surface area contributed by atoms with E-state index in [-0.39, 0.29) is 17.8 Å². The predicted octanol–water partition coefficient (Wildman–Crippen LogP) is 2.47. The summed E-state index contributed by atoms with van der Waals surface area (Å²) in [5, 5.41) is 0. The van der Waals surface area contributed by atoms with Crippen LogP contribution in [0.3, 0.4) is 0 Å². The van der Waals surface area contributed by atoms with Crippen molar-refractivity contribution in [2.45, 2.75) is 33.1 Å². The van der Waals surface area contributed by atoms with Gasteiger partial charge in [0.2, 0.25) is 0 Å². The minimum Gasteiger partial charge on any atom is -0.491 e. The molecule has 2 N–H and O–H groups in total. The van der Waals surface area contributed by atoms with Crippen molar-refractivity contribution in [2.24, 2.45) is 5.92 Å². The van der Waals surface area contributed by atoms with E-state index in [9.17, 15) is 9.59 Å². The summed E-state index contributed by atoms with van der Waals surface area (Å²) in [5.74, 6) is 0.0131. The monoisotopic (exact) mass is 334 g/mol. The van der Waals surface area contributed by atoms with E-state index in [0.717, 1.165) is 19.3 Å². The lowest BCUT2D eigenvalue weighted by molar-refractivity contribution is -0.149. The third kappa shape index (κ3) is 4.40. The second-order valence-corrected chi connectivity index (χ2v) is 5.94. The minimum absolute atomic E-state index is 0.113. The summed E-state index contributed by atoms with van der Waals surface area (Å²) < 4.78 is 10.6. The zero-order chi connectivity index (χ0) is 17.5. The van der Waals surface area contributed by atoms with E-state index < -0.39 is 0 Å². The summed E-state index contributed by atoms with van der Waals surface area (Å²) in [7, 11) is 0. The lowest BCUT2D eigenvalue weighted by Gasteiger charge is -2.31. The van der Waals surface area contributed by atoms with Crippen LogP contribution in [0.15, 0.2) is 18.2 Å². The van der Waals surface area contributed by atoms with Crippen molar-refractivity contribution >= 4 is 17.6 Å². The van der Waals surface area contributed by atoms with Crippen LogP contribution < -0.4 is 10.5 Å². The first kappa shape index (κ1) is 18.1. The standard InChI is InChI=1S/C18H26N2O4/c1-3-10-24-16-8-7-13(11-15(16)19)17(21)20-9-5-6-14(12-20)18(22)23-4-2/h7-8,11,14H,3-6,9-10,12,19H2,1-2H3. The highest BCUT2D eigenvalue weighted by atomic mass is 16.5. The fraction of sp³-hybridized carbons (Fsp3) is 0.556. The fourth-order valence-electron chi connectivity index (χ4n) is 2.82. The molecule has 1 amide bonds. The normalized spacial score (nSPS) is 17.4. The van der Waals surface area contributed by atoms with Crippen molar-refractivity contribution in [3.05, 3.63) is 23.8 Å². The largest absolute Gasteiger partial charge is 0.491 e. The first-order chi connectivity index (χ1) is 11.6. The van der Waals surface area contributed by atoms with E-state index in [1.807, 2.05) is 6.92 Å². The zero-order valence-corrected chi connectivity index (χ0v) is 14.4. The molecule has 1 aliphatic heterocycles. The SMILES string of the molecule is CCCOc1ccc(C(=O)N2CCCC(C(=O)OCC)C2)cc1N. The third-order valence-electron chi connectivity index (χ3n) is 4.05. The van der Waals surface area contributed by atoms with Crippen molar-refractivity contribution in [3.63, 3.8) is 0 Å². The Labute approximate surface area is 142 Å². The number of ether oxygens (including phenoxy) is 2. The number of rotatable bonds is 6. The number of nitrogens with two attached hydrogens (primary N) is 1. The lowest BCUT2D eigenvalue weighted by Crippen LogP contribution is -2.42. The van der Waals surface area contributed by atoms with Crippen molar-refractivity contribution in [3.8, 4) is 5.75 Å². The topological polar surface area (TPSA) is 81.9 Å². The molecule has 1 aromatic carbocycles. The molecule has 1 saturated heterocycles. The van der Waals surface area contributed by atoms with Gasteiger partial charge in [-0.25, -0.2) is 0 Å². The first-order valence-electron chi connectivity index (χ1n) is 8.55. The predicted molar refractivity (Wildman–Crippen MR) is 91.9 cm³/mol. The number of anilines is 1. The molecule has 2 rings (SSSR count). The van der Waals surface area contributed by atoms with Crippen LogP contribution in [0.1, 0.15) is 43.5 Å². The van der Waals surface area contributed by atoms with Crippen molar-refractivity contribution in [2.75, 3.05) is 32.0 Å². The molecule has 1 atom stereocenters. The number of amides is 1. The van der Waals surface area contributed by atoms with Crippen LogP contribution in [0, 0.1) is 5.92 Å². The Bertz CT molecular complexity index is 588. The lowest BCUT2D eigenvalue weighted by atomic mass is 9.97. The van der Waals surface area contributed by atoms with Crippen molar-refractivity contribution in [1.82, 2.24) is 4.90 Å². The fourth-order valence-corrected chi connectivity index (χ4v) is 2.82. The quantitative estimate of drug-likeness (QED) is 0.638. The second kappa shape index (κ2) is 8.57. The number of hydrogen-bond donors (Lipinski definition) is 1. The Hall–Kier alpha value is -2.24. The van der Waals surface area contributed by atoms with Gasteiger partial charge in [0, 0.05) is 18.7 Å². The molecule has 0 spiro atoms. The Morgan fingerprint density at radius 1 is 1.33 bits per heavy atom. The molecule has 1 unspecified atom stereocenters. The molecule has 0 bridgehead atoms. The molecule has 6 heteroatoms. The number of hydrogen-bond acceptors (Lipinski definition) is 5. The van der Waals surface area contributed by atoms with Gasteiger partial charge >= 0.3 is 5.97 Å². The maximum absolute atomic E-state index is 12.7. The summed E-state index contributed by atoms with van der Waals surface area (Å²) in [6.07, 6.45) is 2.44. The van der Waals surface area contributed by atoms with Crippen molar-refractivity contribution in [1.29, 1.82) is 0 Å². The number of benzene rings is 1. The van der Waals surface area contributed by atoms with Gasteiger partial charge in [-0.05, 0) is 44.4 Å². The molecule has 0 aliphatic carbocycles. The summed E-state index contributed by atoms with van der Waals surface area (Å²) in [5.41, 5.74) is 6.94. The Morgan fingerprint density at radius 2 is 2.12 bits per heavy atom. The van der Waals surface area contributed by atoms with Gasteiger partial charge in [0.05, 0.1) is 24.8 Å².